The van der Waals surface area contributed by atoms with Crippen molar-refractivity contribution in [2.45, 2.75) is 25.9 Å². The molecule has 1 heterocycles. The molecule has 0 spiro atoms. The second kappa shape index (κ2) is 8.45. The smallest absolute Gasteiger partial charge is 0.255 e. The number of rotatable bonds is 7. The van der Waals surface area contributed by atoms with Gasteiger partial charge in [-0.3, -0.25) is 9.48 Å². The summed E-state index contributed by atoms with van der Waals surface area (Å²) < 4.78 is 1.86. The van der Waals surface area contributed by atoms with Crippen molar-refractivity contribution in [3.63, 3.8) is 0 Å². The first-order valence-corrected chi connectivity index (χ1v) is 8.78. The zero-order chi connectivity index (χ0) is 18.4. The molecule has 0 radical (unpaired) electrons. The molecule has 1 aromatic heterocycles. The van der Waals surface area contributed by atoms with E-state index in [9.17, 15) is 9.90 Å². The summed E-state index contributed by atoms with van der Waals surface area (Å²) in [5.41, 5.74) is 3.45. The van der Waals surface area contributed by atoms with Crippen molar-refractivity contribution < 1.29 is 9.90 Å². The minimum Gasteiger partial charge on any atom is -0.394 e. The van der Waals surface area contributed by atoms with Crippen molar-refractivity contribution in [1.29, 1.82) is 0 Å². The predicted octanol–water partition coefficient (Wildman–Crippen LogP) is 2.96. The highest BCUT2D eigenvalue weighted by Gasteiger charge is 2.20. The lowest BCUT2D eigenvalue weighted by molar-refractivity contribution is 0.0915. The number of carbonyl (C=O) groups is 1. The van der Waals surface area contributed by atoms with Gasteiger partial charge in [0.25, 0.3) is 5.91 Å². The molecule has 0 bridgehead atoms. The Bertz CT molecular complexity index is 844. The lowest BCUT2D eigenvalue weighted by Gasteiger charge is -2.17. The summed E-state index contributed by atoms with van der Waals surface area (Å²) in [6.45, 7) is 2.48. The number of amides is 1. The van der Waals surface area contributed by atoms with Crippen LogP contribution in [0.3, 0.4) is 0 Å². The minimum absolute atomic E-state index is 0.157. The van der Waals surface area contributed by atoms with Crippen LogP contribution in [0.15, 0.2) is 66.9 Å². The highest BCUT2D eigenvalue weighted by molar-refractivity contribution is 5.95. The van der Waals surface area contributed by atoms with Gasteiger partial charge in [-0.05, 0) is 17.5 Å². The summed E-state index contributed by atoms with van der Waals surface area (Å²) in [7, 11) is 0. The van der Waals surface area contributed by atoms with Crippen LogP contribution < -0.4 is 5.32 Å². The molecule has 0 aliphatic carbocycles. The Balaban J connectivity index is 1.79. The van der Waals surface area contributed by atoms with Crippen molar-refractivity contribution in [3.05, 3.63) is 89.2 Å². The van der Waals surface area contributed by atoms with Gasteiger partial charge in [-0.2, -0.15) is 5.10 Å². The Morgan fingerprint density at radius 1 is 1.12 bits per heavy atom. The van der Waals surface area contributed by atoms with Gasteiger partial charge < -0.3 is 10.4 Å². The molecule has 5 heteroatoms. The highest BCUT2D eigenvalue weighted by Crippen LogP contribution is 2.16. The normalized spacial score (nSPS) is 11.9. The van der Waals surface area contributed by atoms with Crippen LogP contribution in [-0.4, -0.2) is 27.4 Å². The van der Waals surface area contributed by atoms with Gasteiger partial charge in [-0.25, -0.2) is 0 Å². The molecule has 0 unspecified atom stereocenters. The Hall–Kier alpha value is -2.92. The molecule has 0 fully saturated rings. The maximum atomic E-state index is 12.8. The van der Waals surface area contributed by atoms with Crippen molar-refractivity contribution in [2.75, 3.05) is 6.61 Å². The molecule has 0 saturated heterocycles. The van der Waals surface area contributed by atoms with E-state index in [1.807, 2.05) is 72.3 Å². The molecule has 2 N–H and O–H groups in total. The number of hydrogen-bond acceptors (Lipinski definition) is 3. The van der Waals surface area contributed by atoms with Gasteiger partial charge in [0.1, 0.15) is 0 Å². The van der Waals surface area contributed by atoms with Gasteiger partial charge in [-0.1, -0.05) is 67.6 Å². The van der Waals surface area contributed by atoms with Gasteiger partial charge >= 0.3 is 0 Å². The molecule has 3 aromatic rings. The third kappa shape index (κ3) is 4.00. The quantitative estimate of drug-likeness (QED) is 0.689. The topological polar surface area (TPSA) is 67.2 Å². The van der Waals surface area contributed by atoms with Crippen LogP contribution in [0.25, 0.3) is 0 Å². The molecule has 2 aromatic carbocycles. The zero-order valence-electron chi connectivity index (χ0n) is 14.8. The summed E-state index contributed by atoms with van der Waals surface area (Å²) >= 11 is 0. The van der Waals surface area contributed by atoms with E-state index in [1.54, 1.807) is 6.20 Å². The van der Waals surface area contributed by atoms with Crippen molar-refractivity contribution >= 4 is 5.91 Å². The van der Waals surface area contributed by atoms with E-state index < -0.39 is 6.04 Å². The Labute approximate surface area is 153 Å². The molecule has 1 amide bonds. The predicted molar refractivity (Wildman–Crippen MR) is 101 cm³/mol. The Kier molecular flexibility index (Phi) is 5.81. The second-order valence-electron chi connectivity index (χ2n) is 6.12. The van der Waals surface area contributed by atoms with E-state index in [-0.39, 0.29) is 12.5 Å². The first-order valence-electron chi connectivity index (χ1n) is 8.78. The van der Waals surface area contributed by atoms with E-state index in [0.717, 1.165) is 16.8 Å². The monoisotopic (exact) mass is 349 g/mol. The van der Waals surface area contributed by atoms with E-state index in [0.29, 0.717) is 18.5 Å². The SMILES string of the molecule is CCc1c(C(=O)N[C@H](CO)c2ccccc2)cnn1Cc1ccccc1. The summed E-state index contributed by atoms with van der Waals surface area (Å²) in [5.74, 6) is -0.218. The van der Waals surface area contributed by atoms with Crippen LogP contribution in [-0.2, 0) is 13.0 Å². The second-order valence-corrected chi connectivity index (χ2v) is 6.12. The Morgan fingerprint density at radius 2 is 1.77 bits per heavy atom. The number of nitrogens with zero attached hydrogens (tertiary/aromatic N) is 2. The molecule has 0 aliphatic heterocycles. The van der Waals surface area contributed by atoms with Gasteiger partial charge in [0, 0.05) is 0 Å². The van der Waals surface area contributed by atoms with E-state index in [2.05, 4.69) is 10.4 Å². The molecular weight excluding hydrogens is 326 g/mol. The van der Waals surface area contributed by atoms with Crippen LogP contribution in [0.5, 0.6) is 0 Å². The summed E-state index contributed by atoms with van der Waals surface area (Å²) in [6.07, 6.45) is 2.31. The van der Waals surface area contributed by atoms with Gasteiger partial charge in [-0.15, -0.1) is 0 Å². The van der Waals surface area contributed by atoms with E-state index in [4.69, 9.17) is 0 Å². The summed E-state index contributed by atoms with van der Waals surface area (Å²) in [4.78, 5) is 12.8. The third-order valence-electron chi connectivity index (χ3n) is 4.39. The Morgan fingerprint density at radius 3 is 2.38 bits per heavy atom. The average Bonchev–Trinajstić information content (AvgIpc) is 3.10. The van der Waals surface area contributed by atoms with Crippen molar-refractivity contribution in [3.8, 4) is 0 Å². The molecular formula is C21H23N3O2. The molecule has 26 heavy (non-hydrogen) atoms. The number of hydrogen-bond donors (Lipinski definition) is 2. The van der Waals surface area contributed by atoms with E-state index in [1.165, 1.54) is 0 Å². The van der Waals surface area contributed by atoms with Crippen LogP contribution in [0.2, 0.25) is 0 Å². The maximum Gasteiger partial charge on any atom is 0.255 e. The third-order valence-corrected chi connectivity index (χ3v) is 4.39. The minimum atomic E-state index is -0.439. The zero-order valence-corrected chi connectivity index (χ0v) is 14.8. The lowest BCUT2D eigenvalue weighted by Crippen LogP contribution is -2.31. The number of aromatic nitrogens is 2. The first kappa shape index (κ1) is 17.9. The maximum absolute atomic E-state index is 12.8. The lowest BCUT2D eigenvalue weighted by atomic mass is 10.1. The fourth-order valence-electron chi connectivity index (χ4n) is 3.02. The van der Waals surface area contributed by atoms with Crippen LogP contribution in [0, 0.1) is 0 Å². The summed E-state index contributed by atoms with van der Waals surface area (Å²) in [6, 6.07) is 19.1. The number of carbonyl (C=O) groups excluding carboxylic acids is 1. The largest absolute Gasteiger partial charge is 0.394 e. The van der Waals surface area contributed by atoms with E-state index >= 15 is 0 Å². The number of aliphatic hydroxyl groups excluding tert-OH is 1. The van der Waals surface area contributed by atoms with Crippen molar-refractivity contribution in [2.24, 2.45) is 0 Å². The van der Waals surface area contributed by atoms with Gasteiger partial charge in [0.2, 0.25) is 0 Å². The fourth-order valence-corrected chi connectivity index (χ4v) is 3.02. The molecule has 1 atom stereocenters. The van der Waals surface area contributed by atoms with Gasteiger partial charge in [0.05, 0.1) is 36.6 Å². The van der Waals surface area contributed by atoms with Crippen LogP contribution >= 0.6 is 0 Å². The number of benzene rings is 2. The first-order chi connectivity index (χ1) is 12.7. The number of nitrogens with one attached hydrogen (secondary N) is 1. The molecule has 5 nitrogen and oxygen atoms in total. The van der Waals surface area contributed by atoms with Crippen LogP contribution in [0.4, 0.5) is 0 Å². The molecule has 0 saturated carbocycles. The highest BCUT2D eigenvalue weighted by atomic mass is 16.3. The van der Waals surface area contributed by atoms with Gasteiger partial charge in [0.15, 0.2) is 0 Å². The fraction of sp³-hybridized carbons (Fsp3) is 0.238. The number of aliphatic hydroxyl groups is 1. The average molecular weight is 349 g/mol. The standard InChI is InChI=1S/C21H23N3O2/c1-2-20-18(13-22-24(20)14-16-9-5-3-6-10-16)21(26)23-19(15-25)17-11-7-4-8-12-17/h3-13,19,25H,2,14-15H2,1H3,(H,23,26)/t19-/m1/s1. The summed E-state index contributed by atoms with van der Waals surface area (Å²) in [5, 5.41) is 17.0. The van der Waals surface area contributed by atoms with Crippen molar-refractivity contribution in [1.82, 2.24) is 15.1 Å². The van der Waals surface area contributed by atoms with Crippen LogP contribution in [0.1, 0.15) is 40.1 Å². The molecule has 0 aliphatic rings. The molecule has 134 valence electrons. The molecule has 3 rings (SSSR count).